The summed E-state index contributed by atoms with van der Waals surface area (Å²) in [4.78, 5) is 12.4. The van der Waals surface area contributed by atoms with Gasteiger partial charge in [-0.15, -0.1) is 0 Å². The average molecular weight is 374 g/mol. The van der Waals surface area contributed by atoms with Crippen molar-refractivity contribution in [3.63, 3.8) is 0 Å². The Morgan fingerprint density at radius 1 is 1.42 bits per heavy atom. The Labute approximate surface area is 155 Å². The van der Waals surface area contributed by atoms with E-state index < -0.39 is 0 Å². The third-order valence-corrected chi connectivity index (χ3v) is 4.77. The minimum Gasteiger partial charge on any atom is -0.478 e. The number of nitrogens with zero attached hydrogens (tertiary/aromatic N) is 4. The zero-order valence-electron chi connectivity index (χ0n) is 14.5. The second-order valence-electron chi connectivity index (χ2n) is 6.38. The quantitative estimate of drug-likeness (QED) is 0.698. The summed E-state index contributed by atoms with van der Waals surface area (Å²) >= 11 is 6.06. The maximum Gasteiger partial charge on any atom is 0.272 e. The normalized spacial score (nSPS) is 13.5. The number of nitrogens with one attached hydrogen (secondary N) is 1. The molecular weight excluding hydrogens is 354 g/mol. The van der Waals surface area contributed by atoms with Crippen LogP contribution in [0, 0.1) is 6.92 Å². The Hall–Kier alpha value is -2.54. The van der Waals surface area contributed by atoms with Crippen molar-refractivity contribution in [3.05, 3.63) is 40.7 Å². The van der Waals surface area contributed by atoms with Gasteiger partial charge in [0.1, 0.15) is 0 Å². The largest absolute Gasteiger partial charge is 0.478 e. The van der Waals surface area contributed by atoms with Crippen LogP contribution in [0.4, 0.5) is 0 Å². The maximum atomic E-state index is 12.4. The molecule has 0 saturated heterocycles. The van der Waals surface area contributed by atoms with Crippen molar-refractivity contribution < 1.29 is 9.53 Å². The Balaban J connectivity index is 1.35. The minimum atomic E-state index is -0.165. The molecule has 0 fully saturated rings. The fraction of sp³-hybridized carbons (Fsp3) is 0.389. The Kier molecular flexibility index (Phi) is 4.55. The minimum absolute atomic E-state index is 0.165. The topological polar surface area (TPSA) is 74.0 Å². The predicted octanol–water partition coefficient (Wildman–Crippen LogP) is 2.80. The predicted molar refractivity (Wildman–Crippen MR) is 98.8 cm³/mol. The van der Waals surface area contributed by atoms with Crippen LogP contribution in [0.15, 0.2) is 24.4 Å². The Morgan fingerprint density at radius 3 is 3.15 bits per heavy atom. The number of aryl methyl sites for hydroxylation is 2. The number of amides is 1. The zero-order chi connectivity index (χ0) is 18.1. The van der Waals surface area contributed by atoms with E-state index in [0.717, 1.165) is 35.9 Å². The second kappa shape index (κ2) is 6.99. The van der Waals surface area contributed by atoms with Crippen molar-refractivity contribution in [2.45, 2.75) is 32.9 Å². The van der Waals surface area contributed by atoms with Crippen LogP contribution in [-0.4, -0.2) is 38.6 Å². The molecule has 0 unspecified atom stereocenters. The number of hydrogen-bond donors (Lipinski definition) is 1. The van der Waals surface area contributed by atoms with E-state index >= 15 is 0 Å². The number of hydrogen-bond acceptors (Lipinski definition) is 4. The Morgan fingerprint density at radius 2 is 2.31 bits per heavy atom. The van der Waals surface area contributed by atoms with Crippen LogP contribution in [0.5, 0.6) is 5.88 Å². The molecule has 1 amide bonds. The van der Waals surface area contributed by atoms with Crippen molar-refractivity contribution in [3.8, 4) is 5.88 Å². The van der Waals surface area contributed by atoms with Gasteiger partial charge in [-0.1, -0.05) is 11.6 Å². The summed E-state index contributed by atoms with van der Waals surface area (Å²) in [5.74, 6) is 0.544. The molecule has 3 aromatic rings. The first-order valence-corrected chi connectivity index (χ1v) is 9.11. The first-order valence-electron chi connectivity index (χ1n) is 8.73. The van der Waals surface area contributed by atoms with Crippen molar-refractivity contribution in [2.75, 3.05) is 13.2 Å². The molecule has 1 aliphatic heterocycles. The summed E-state index contributed by atoms with van der Waals surface area (Å²) in [5.41, 5.74) is 2.24. The van der Waals surface area contributed by atoms with Gasteiger partial charge in [0, 0.05) is 42.0 Å². The first-order chi connectivity index (χ1) is 12.6. The number of rotatable bonds is 5. The average Bonchev–Trinajstić information content (AvgIpc) is 3.20. The summed E-state index contributed by atoms with van der Waals surface area (Å²) in [7, 11) is 0. The number of ether oxygens (including phenoxy) is 1. The van der Waals surface area contributed by atoms with E-state index in [0.29, 0.717) is 36.3 Å². The molecule has 2 aromatic heterocycles. The van der Waals surface area contributed by atoms with E-state index in [4.69, 9.17) is 16.3 Å². The number of fused-ring (bicyclic) bond motifs is 2. The molecule has 0 saturated carbocycles. The van der Waals surface area contributed by atoms with Gasteiger partial charge in [0.2, 0.25) is 5.88 Å². The first kappa shape index (κ1) is 16.9. The summed E-state index contributed by atoms with van der Waals surface area (Å²) in [6.07, 6.45) is 3.50. The van der Waals surface area contributed by atoms with E-state index in [1.807, 2.05) is 36.0 Å². The van der Waals surface area contributed by atoms with E-state index in [9.17, 15) is 4.79 Å². The number of halogens is 1. The SMILES string of the molecule is Cc1c(C(=O)NCCCn2ncc3ccc(Cl)cc32)nn2c1OCCC2. The van der Waals surface area contributed by atoms with E-state index in [1.54, 1.807) is 4.68 Å². The van der Waals surface area contributed by atoms with Crippen LogP contribution in [-0.2, 0) is 13.1 Å². The molecule has 7 nitrogen and oxygen atoms in total. The molecule has 26 heavy (non-hydrogen) atoms. The van der Waals surface area contributed by atoms with Crippen LogP contribution in [0.1, 0.15) is 28.9 Å². The lowest BCUT2D eigenvalue weighted by Gasteiger charge is -2.14. The van der Waals surface area contributed by atoms with Gasteiger partial charge in [0.15, 0.2) is 5.69 Å². The van der Waals surface area contributed by atoms with E-state index in [2.05, 4.69) is 15.5 Å². The molecule has 4 rings (SSSR count). The number of benzene rings is 1. The Bertz CT molecular complexity index is 962. The fourth-order valence-electron chi connectivity index (χ4n) is 3.21. The van der Waals surface area contributed by atoms with Crippen molar-refractivity contribution in [1.82, 2.24) is 24.9 Å². The number of carbonyl (C=O) groups is 1. The van der Waals surface area contributed by atoms with Gasteiger partial charge in [-0.3, -0.25) is 9.48 Å². The van der Waals surface area contributed by atoms with Gasteiger partial charge >= 0.3 is 0 Å². The molecule has 1 N–H and O–H groups in total. The molecule has 0 atom stereocenters. The lowest BCUT2D eigenvalue weighted by Crippen LogP contribution is -2.26. The van der Waals surface area contributed by atoms with Gasteiger partial charge < -0.3 is 10.1 Å². The van der Waals surface area contributed by atoms with Crippen LogP contribution in [0.25, 0.3) is 10.9 Å². The highest BCUT2D eigenvalue weighted by atomic mass is 35.5. The van der Waals surface area contributed by atoms with E-state index in [-0.39, 0.29) is 5.91 Å². The number of carbonyl (C=O) groups excluding carboxylic acids is 1. The molecule has 0 radical (unpaired) electrons. The summed E-state index contributed by atoms with van der Waals surface area (Å²) < 4.78 is 9.28. The monoisotopic (exact) mass is 373 g/mol. The molecule has 1 aliphatic rings. The van der Waals surface area contributed by atoms with Crippen LogP contribution < -0.4 is 10.1 Å². The lowest BCUT2D eigenvalue weighted by atomic mass is 10.2. The van der Waals surface area contributed by atoms with Crippen LogP contribution in [0.2, 0.25) is 5.02 Å². The van der Waals surface area contributed by atoms with Crippen molar-refractivity contribution in [2.24, 2.45) is 0 Å². The number of aromatic nitrogens is 4. The van der Waals surface area contributed by atoms with Gasteiger partial charge in [-0.05, 0) is 31.5 Å². The highest BCUT2D eigenvalue weighted by Gasteiger charge is 2.22. The molecule has 3 heterocycles. The third-order valence-electron chi connectivity index (χ3n) is 4.54. The van der Waals surface area contributed by atoms with Gasteiger partial charge in [-0.25, -0.2) is 4.68 Å². The summed E-state index contributed by atoms with van der Waals surface area (Å²) in [6.45, 7) is 4.58. The fourth-order valence-corrected chi connectivity index (χ4v) is 3.37. The highest BCUT2D eigenvalue weighted by molar-refractivity contribution is 6.31. The highest BCUT2D eigenvalue weighted by Crippen LogP contribution is 2.25. The summed E-state index contributed by atoms with van der Waals surface area (Å²) in [6, 6.07) is 5.71. The second-order valence-corrected chi connectivity index (χ2v) is 6.82. The molecule has 0 aliphatic carbocycles. The molecule has 136 valence electrons. The maximum absolute atomic E-state index is 12.4. The molecular formula is C18H20ClN5O2. The molecule has 1 aromatic carbocycles. The van der Waals surface area contributed by atoms with Gasteiger partial charge in [0.25, 0.3) is 5.91 Å². The smallest absolute Gasteiger partial charge is 0.272 e. The zero-order valence-corrected chi connectivity index (χ0v) is 15.3. The van der Waals surface area contributed by atoms with Crippen LogP contribution >= 0.6 is 11.6 Å². The molecule has 0 spiro atoms. The molecule has 0 bridgehead atoms. The standard InChI is InChI=1S/C18H20ClN5O2/c1-12-16(22-24-8-3-9-26-18(12)24)17(25)20-6-2-7-23-15-10-14(19)5-4-13(15)11-21-23/h4-5,10-11H,2-3,6-9H2,1H3,(H,20,25). The lowest BCUT2D eigenvalue weighted by molar-refractivity contribution is 0.0946. The van der Waals surface area contributed by atoms with E-state index in [1.165, 1.54) is 0 Å². The third kappa shape index (κ3) is 3.14. The van der Waals surface area contributed by atoms with Gasteiger partial charge in [0.05, 0.1) is 18.3 Å². The van der Waals surface area contributed by atoms with Crippen LogP contribution in [0.3, 0.4) is 0 Å². The van der Waals surface area contributed by atoms with Gasteiger partial charge in [-0.2, -0.15) is 10.2 Å². The van der Waals surface area contributed by atoms with Crippen molar-refractivity contribution >= 4 is 28.4 Å². The van der Waals surface area contributed by atoms with Crippen molar-refractivity contribution in [1.29, 1.82) is 0 Å². The summed E-state index contributed by atoms with van der Waals surface area (Å²) in [5, 5.41) is 13.4. The molecule has 8 heteroatoms.